The van der Waals surface area contributed by atoms with Crippen LogP contribution in [0, 0.1) is 6.92 Å². The Morgan fingerprint density at radius 1 is 1.42 bits per heavy atom. The molecule has 2 aromatic rings. The highest BCUT2D eigenvalue weighted by atomic mass is 32.1. The van der Waals surface area contributed by atoms with Crippen LogP contribution >= 0.6 is 11.3 Å². The summed E-state index contributed by atoms with van der Waals surface area (Å²) in [7, 11) is 0. The van der Waals surface area contributed by atoms with E-state index < -0.39 is 0 Å². The molecule has 1 N–H and O–H groups in total. The lowest BCUT2D eigenvalue weighted by atomic mass is 10.2. The van der Waals surface area contributed by atoms with Crippen molar-refractivity contribution in [1.29, 1.82) is 0 Å². The van der Waals surface area contributed by atoms with Crippen molar-refractivity contribution in [2.24, 2.45) is 0 Å². The van der Waals surface area contributed by atoms with E-state index in [1.165, 1.54) is 22.6 Å². The Morgan fingerprint density at radius 3 is 3.00 bits per heavy atom. The van der Waals surface area contributed by atoms with E-state index in [0.29, 0.717) is 6.54 Å². The highest BCUT2D eigenvalue weighted by Crippen LogP contribution is 2.29. The normalized spacial score (nSPS) is 14.5. The molecule has 4 nitrogen and oxygen atoms in total. The van der Waals surface area contributed by atoms with Gasteiger partial charge in [0, 0.05) is 24.8 Å². The maximum absolute atomic E-state index is 12.5. The van der Waals surface area contributed by atoms with Crippen LogP contribution in [0.2, 0.25) is 0 Å². The SMILES string of the molecule is CCCc1nc(C)c(C(=O)NCC(C)N2CCc3ccccc32)s1. The second kappa shape index (κ2) is 7.34. The summed E-state index contributed by atoms with van der Waals surface area (Å²) in [6.45, 7) is 7.89. The third-order valence-corrected chi connectivity index (χ3v) is 5.74. The third kappa shape index (κ3) is 3.46. The number of rotatable bonds is 6. The maximum Gasteiger partial charge on any atom is 0.263 e. The zero-order valence-electron chi connectivity index (χ0n) is 14.6. The van der Waals surface area contributed by atoms with Gasteiger partial charge < -0.3 is 10.2 Å². The zero-order valence-corrected chi connectivity index (χ0v) is 15.4. The van der Waals surface area contributed by atoms with Crippen LogP contribution in [-0.4, -0.2) is 30.0 Å². The molecule has 1 amide bonds. The summed E-state index contributed by atoms with van der Waals surface area (Å²) in [6, 6.07) is 8.82. The molecule has 5 heteroatoms. The summed E-state index contributed by atoms with van der Waals surface area (Å²) in [5, 5.41) is 4.15. The average Bonchev–Trinajstić information content (AvgIpc) is 3.16. The molecule has 2 heterocycles. The number of carbonyl (C=O) groups is 1. The quantitative estimate of drug-likeness (QED) is 0.872. The van der Waals surface area contributed by atoms with E-state index in [0.717, 1.165) is 41.4 Å². The number of aromatic nitrogens is 1. The number of anilines is 1. The lowest BCUT2D eigenvalue weighted by molar-refractivity contribution is 0.0955. The fourth-order valence-electron chi connectivity index (χ4n) is 3.24. The van der Waals surface area contributed by atoms with Crippen molar-refractivity contribution in [3.05, 3.63) is 45.4 Å². The summed E-state index contributed by atoms with van der Waals surface area (Å²) in [5.74, 6) is 0.00619. The van der Waals surface area contributed by atoms with Gasteiger partial charge in [0.15, 0.2) is 0 Å². The van der Waals surface area contributed by atoms with Crippen LogP contribution in [0.4, 0.5) is 5.69 Å². The molecule has 0 fully saturated rings. The van der Waals surface area contributed by atoms with E-state index in [1.807, 2.05) is 6.92 Å². The maximum atomic E-state index is 12.5. The first-order valence-electron chi connectivity index (χ1n) is 8.69. The molecule has 1 aromatic carbocycles. The number of aryl methyl sites for hydroxylation is 2. The lowest BCUT2D eigenvalue weighted by Crippen LogP contribution is -2.41. The Hall–Kier alpha value is -1.88. The standard InChI is InChI=1S/C19H25N3OS/c1-4-7-17-21-14(3)18(24-17)19(23)20-12-13(2)22-11-10-15-8-5-6-9-16(15)22/h5-6,8-9,13H,4,7,10-12H2,1-3H3,(H,20,23). The van der Waals surface area contributed by atoms with E-state index >= 15 is 0 Å². The number of benzene rings is 1. The molecule has 1 unspecified atom stereocenters. The molecule has 1 aliphatic heterocycles. The second-order valence-corrected chi connectivity index (χ2v) is 7.49. The van der Waals surface area contributed by atoms with E-state index in [1.54, 1.807) is 0 Å². The van der Waals surface area contributed by atoms with Gasteiger partial charge in [-0.05, 0) is 44.7 Å². The van der Waals surface area contributed by atoms with Gasteiger partial charge in [-0.3, -0.25) is 4.79 Å². The summed E-state index contributed by atoms with van der Waals surface area (Å²) in [6.07, 6.45) is 3.09. The van der Waals surface area contributed by atoms with Gasteiger partial charge in [-0.1, -0.05) is 25.1 Å². The van der Waals surface area contributed by atoms with E-state index in [9.17, 15) is 4.79 Å². The number of nitrogens with zero attached hydrogens (tertiary/aromatic N) is 2. The summed E-state index contributed by atoms with van der Waals surface area (Å²) in [4.78, 5) is 20.1. The molecule has 0 bridgehead atoms. The van der Waals surface area contributed by atoms with E-state index in [4.69, 9.17) is 0 Å². The monoisotopic (exact) mass is 343 g/mol. The van der Waals surface area contributed by atoms with Crippen molar-refractivity contribution in [3.8, 4) is 0 Å². The van der Waals surface area contributed by atoms with Crippen LogP contribution in [0.25, 0.3) is 0 Å². The van der Waals surface area contributed by atoms with Gasteiger partial charge in [0.2, 0.25) is 0 Å². The predicted molar refractivity (Wildman–Crippen MR) is 100 cm³/mol. The molecular formula is C19H25N3OS. The molecule has 0 radical (unpaired) electrons. The highest BCUT2D eigenvalue weighted by Gasteiger charge is 2.23. The molecule has 1 aromatic heterocycles. The lowest BCUT2D eigenvalue weighted by Gasteiger charge is -2.27. The smallest absolute Gasteiger partial charge is 0.263 e. The van der Waals surface area contributed by atoms with Crippen LogP contribution in [0.5, 0.6) is 0 Å². The van der Waals surface area contributed by atoms with Crippen LogP contribution in [0.15, 0.2) is 24.3 Å². The van der Waals surface area contributed by atoms with Gasteiger partial charge >= 0.3 is 0 Å². The number of para-hydroxylation sites is 1. The van der Waals surface area contributed by atoms with Gasteiger partial charge in [0.25, 0.3) is 5.91 Å². The number of fused-ring (bicyclic) bond motifs is 1. The zero-order chi connectivity index (χ0) is 17.1. The Labute approximate surface area is 147 Å². The third-order valence-electron chi connectivity index (χ3n) is 4.52. The Morgan fingerprint density at radius 2 is 2.21 bits per heavy atom. The first-order valence-corrected chi connectivity index (χ1v) is 9.50. The number of hydrogen-bond donors (Lipinski definition) is 1. The van der Waals surface area contributed by atoms with Crippen molar-refractivity contribution in [2.45, 2.75) is 46.1 Å². The number of thiazole rings is 1. The molecule has 0 saturated carbocycles. The molecule has 1 atom stereocenters. The molecule has 3 rings (SSSR count). The average molecular weight is 343 g/mol. The van der Waals surface area contributed by atoms with Crippen LogP contribution in [0.3, 0.4) is 0 Å². The van der Waals surface area contributed by atoms with Gasteiger partial charge in [-0.25, -0.2) is 4.98 Å². The summed E-state index contributed by atoms with van der Waals surface area (Å²) < 4.78 is 0. The van der Waals surface area contributed by atoms with Crippen molar-refractivity contribution in [1.82, 2.24) is 10.3 Å². The van der Waals surface area contributed by atoms with E-state index in [-0.39, 0.29) is 11.9 Å². The van der Waals surface area contributed by atoms with Crippen LogP contribution in [-0.2, 0) is 12.8 Å². The number of amides is 1. The Balaban J connectivity index is 1.60. The fraction of sp³-hybridized carbons (Fsp3) is 0.474. The van der Waals surface area contributed by atoms with Gasteiger partial charge in [-0.15, -0.1) is 11.3 Å². The minimum Gasteiger partial charge on any atom is -0.366 e. The first kappa shape index (κ1) is 17.0. The Bertz CT molecular complexity index is 725. The minimum absolute atomic E-state index is 0.00619. The molecular weight excluding hydrogens is 318 g/mol. The van der Waals surface area contributed by atoms with Crippen molar-refractivity contribution in [2.75, 3.05) is 18.0 Å². The van der Waals surface area contributed by atoms with Gasteiger partial charge in [0.1, 0.15) is 4.88 Å². The molecule has 1 aliphatic rings. The van der Waals surface area contributed by atoms with Crippen LogP contribution in [0.1, 0.15) is 46.2 Å². The van der Waals surface area contributed by atoms with Gasteiger partial charge in [0.05, 0.1) is 10.7 Å². The first-order chi connectivity index (χ1) is 11.6. The molecule has 128 valence electrons. The largest absolute Gasteiger partial charge is 0.366 e. The highest BCUT2D eigenvalue weighted by molar-refractivity contribution is 7.13. The summed E-state index contributed by atoms with van der Waals surface area (Å²) in [5.41, 5.74) is 3.55. The van der Waals surface area contributed by atoms with Crippen molar-refractivity contribution >= 4 is 22.9 Å². The molecule has 0 spiro atoms. The number of nitrogens with one attached hydrogen (secondary N) is 1. The Kier molecular flexibility index (Phi) is 5.19. The second-order valence-electron chi connectivity index (χ2n) is 6.40. The number of hydrogen-bond acceptors (Lipinski definition) is 4. The molecule has 0 saturated heterocycles. The fourth-order valence-corrected chi connectivity index (χ4v) is 4.32. The molecule has 24 heavy (non-hydrogen) atoms. The van der Waals surface area contributed by atoms with E-state index in [2.05, 4.69) is 53.3 Å². The van der Waals surface area contributed by atoms with Gasteiger partial charge in [-0.2, -0.15) is 0 Å². The summed E-state index contributed by atoms with van der Waals surface area (Å²) >= 11 is 1.53. The molecule has 0 aliphatic carbocycles. The topological polar surface area (TPSA) is 45.2 Å². The number of carbonyl (C=O) groups excluding carboxylic acids is 1. The minimum atomic E-state index is 0.00619. The predicted octanol–water partition coefficient (Wildman–Crippen LogP) is 3.59. The van der Waals surface area contributed by atoms with Crippen molar-refractivity contribution in [3.63, 3.8) is 0 Å². The van der Waals surface area contributed by atoms with Crippen molar-refractivity contribution < 1.29 is 4.79 Å². The van der Waals surface area contributed by atoms with Crippen LogP contribution < -0.4 is 10.2 Å².